The highest BCUT2D eigenvalue weighted by molar-refractivity contribution is 9.09. The fraction of sp³-hybridized carbons (Fsp3) is 0.400. The van der Waals surface area contributed by atoms with Crippen LogP contribution in [0.15, 0.2) is 41.4 Å². The summed E-state index contributed by atoms with van der Waals surface area (Å²) in [6.07, 6.45) is 3.10. The monoisotopic (exact) mass is 370 g/mol. The molecule has 0 atom stereocenters. The third-order valence-corrected chi connectivity index (χ3v) is 6.57. The smallest absolute Gasteiger partial charge is 0.241 e. The van der Waals surface area contributed by atoms with Crippen molar-refractivity contribution in [3.05, 3.63) is 36.5 Å². The lowest BCUT2D eigenvalue weighted by molar-refractivity contribution is 0.399. The highest BCUT2D eigenvalue weighted by Crippen LogP contribution is 2.25. The summed E-state index contributed by atoms with van der Waals surface area (Å²) >= 11 is 3.43. The molecule has 0 aliphatic heterocycles. The van der Waals surface area contributed by atoms with Crippen LogP contribution in [-0.2, 0) is 10.0 Å². The van der Waals surface area contributed by atoms with Crippen molar-refractivity contribution in [2.24, 2.45) is 0 Å². The molecule has 0 saturated heterocycles. The van der Waals surface area contributed by atoms with E-state index in [-0.39, 0.29) is 4.90 Å². The first-order valence-corrected chi connectivity index (χ1v) is 9.52. The third-order valence-electron chi connectivity index (χ3n) is 3.86. The van der Waals surface area contributed by atoms with Gasteiger partial charge in [-0.25, -0.2) is 13.1 Å². The van der Waals surface area contributed by atoms with Crippen LogP contribution in [0.3, 0.4) is 0 Å². The largest absolute Gasteiger partial charge is 0.256 e. The summed E-state index contributed by atoms with van der Waals surface area (Å²) in [5.74, 6) is 0. The second-order valence-corrected chi connectivity index (χ2v) is 7.26. The molecule has 0 aliphatic rings. The van der Waals surface area contributed by atoms with Gasteiger partial charge in [0.05, 0.1) is 10.4 Å². The van der Waals surface area contributed by atoms with Gasteiger partial charge in [-0.15, -0.1) is 0 Å². The van der Waals surface area contributed by atoms with Crippen LogP contribution >= 0.6 is 15.9 Å². The predicted octanol–water partition coefficient (Wildman–Crippen LogP) is 3.47. The van der Waals surface area contributed by atoms with E-state index in [1.165, 1.54) is 0 Å². The van der Waals surface area contributed by atoms with E-state index in [0.29, 0.717) is 16.2 Å². The van der Waals surface area contributed by atoms with Gasteiger partial charge >= 0.3 is 0 Å². The minimum atomic E-state index is -3.60. The molecule has 0 radical (unpaired) electrons. The Labute approximate surface area is 134 Å². The van der Waals surface area contributed by atoms with E-state index in [0.717, 1.165) is 12.8 Å². The number of benzene rings is 1. The van der Waals surface area contributed by atoms with Gasteiger partial charge in [-0.1, -0.05) is 35.8 Å². The highest BCUT2D eigenvalue weighted by atomic mass is 79.9. The van der Waals surface area contributed by atoms with Gasteiger partial charge in [0.25, 0.3) is 0 Å². The van der Waals surface area contributed by atoms with Crippen LogP contribution in [0.5, 0.6) is 0 Å². The van der Waals surface area contributed by atoms with Crippen LogP contribution in [0.25, 0.3) is 10.9 Å². The number of sulfonamides is 1. The van der Waals surface area contributed by atoms with Crippen LogP contribution in [-0.4, -0.2) is 24.3 Å². The molecule has 2 aromatic rings. The lowest BCUT2D eigenvalue weighted by Crippen LogP contribution is -2.48. The molecule has 0 fully saturated rings. The number of aromatic nitrogens is 1. The van der Waals surface area contributed by atoms with Crippen molar-refractivity contribution >= 4 is 36.9 Å². The number of halogens is 1. The van der Waals surface area contributed by atoms with Gasteiger partial charge in [0.1, 0.15) is 0 Å². The zero-order valence-electron chi connectivity index (χ0n) is 12.1. The molecular weight excluding hydrogens is 352 g/mol. The van der Waals surface area contributed by atoms with Gasteiger partial charge in [-0.2, -0.15) is 0 Å². The van der Waals surface area contributed by atoms with Gasteiger partial charge < -0.3 is 0 Å². The summed E-state index contributed by atoms with van der Waals surface area (Å²) in [5, 5.41) is 1.22. The van der Waals surface area contributed by atoms with Crippen molar-refractivity contribution in [2.45, 2.75) is 37.1 Å². The molecule has 1 heterocycles. The number of nitrogens with one attached hydrogen (secondary N) is 1. The lowest BCUT2D eigenvalue weighted by Gasteiger charge is -2.30. The number of rotatable bonds is 6. The molecule has 0 amide bonds. The number of fused-ring (bicyclic) bond motifs is 1. The Morgan fingerprint density at radius 1 is 1.19 bits per heavy atom. The van der Waals surface area contributed by atoms with Crippen LogP contribution < -0.4 is 4.72 Å². The minimum absolute atomic E-state index is 0.278. The van der Waals surface area contributed by atoms with Crippen LogP contribution in [0, 0.1) is 0 Å². The summed E-state index contributed by atoms with van der Waals surface area (Å²) in [6, 6.07) is 8.68. The van der Waals surface area contributed by atoms with Crippen molar-refractivity contribution in [1.29, 1.82) is 0 Å². The zero-order chi connectivity index (χ0) is 15.5. The molecule has 114 valence electrons. The maximum atomic E-state index is 12.8. The fourth-order valence-corrected chi connectivity index (χ4v) is 5.14. The molecule has 0 saturated carbocycles. The van der Waals surface area contributed by atoms with Crippen LogP contribution in [0.1, 0.15) is 26.7 Å². The van der Waals surface area contributed by atoms with Gasteiger partial charge in [0.2, 0.25) is 10.0 Å². The van der Waals surface area contributed by atoms with E-state index in [1.807, 2.05) is 19.9 Å². The fourth-order valence-electron chi connectivity index (χ4n) is 2.26. The van der Waals surface area contributed by atoms with E-state index in [1.54, 1.807) is 30.5 Å². The Hall–Kier alpha value is -0.980. The molecule has 1 N–H and O–H groups in total. The van der Waals surface area contributed by atoms with E-state index in [4.69, 9.17) is 0 Å². The molecule has 0 aliphatic carbocycles. The molecular formula is C15H19BrN2O2S. The van der Waals surface area contributed by atoms with Gasteiger partial charge in [-0.3, -0.25) is 4.98 Å². The average molecular weight is 371 g/mol. The van der Waals surface area contributed by atoms with Gasteiger partial charge in [-0.05, 0) is 37.1 Å². The normalized spacial score (nSPS) is 12.7. The first-order chi connectivity index (χ1) is 9.98. The molecule has 2 rings (SSSR count). The lowest BCUT2D eigenvalue weighted by atomic mass is 9.97. The Bertz CT molecular complexity index is 714. The summed E-state index contributed by atoms with van der Waals surface area (Å²) in [7, 11) is -3.60. The van der Waals surface area contributed by atoms with Crippen molar-refractivity contribution in [1.82, 2.24) is 9.71 Å². The highest BCUT2D eigenvalue weighted by Gasteiger charge is 2.31. The Balaban J connectivity index is 2.52. The van der Waals surface area contributed by atoms with Crippen molar-refractivity contribution < 1.29 is 8.42 Å². The van der Waals surface area contributed by atoms with Crippen LogP contribution in [0.4, 0.5) is 0 Å². The Kier molecular flexibility index (Phi) is 5.01. The molecule has 0 spiro atoms. The predicted molar refractivity (Wildman–Crippen MR) is 89.2 cm³/mol. The molecule has 0 bridgehead atoms. The minimum Gasteiger partial charge on any atom is -0.256 e. The number of nitrogens with zero attached hydrogens (tertiary/aromatic N) is 1. The van der Waals surface area contributed by atoms with Crippen LogP contribution in [0.2, 0.25) is 0 Å². The summed E-state index contributed by atoms with van der Waals surface area (Å²) in [4.78, 5) is 4.49. The maximum absolute atomic E-state index is 12.8. The van der Waals surface area contributed by atoms with Crippen molar-refractivity contribution in [3.8, 4) is 0 Å². The quantitative estimate of drug-likeness (QED) is 0.791. The molecule has 0 unspecified atom stereocenters. The first-order valence-electron chi connectivity index (χ1n) is 6.91. The second-order valence-electron chi connectivity index (χ2n) is 5.05. The SMILES string of the molecule is CCC(CC)(CBr)NS(=O)(=O)c1cccc2ncccc12. The molecule has 1 aromatic carbocycles. The molecule has 6 heteroatoms. The second kappa shape index (κ2) is 6.42. The molecule has 1 aromatic heterocycles. The first kappa shape index (κ1) is 16.4. The van der Waals surface area contributed by atoms with E-state index < -0.39 is 15.6 Å². The number of hydrogen-bond donors (Lipinski definition) is 1. The molecule has 21 heavy (non-hydrogen) atoms. The van der Waals surface area contributed by atoms with Gasteiger partial charge in [0.15, 0.2) is 0 Å². The topological polar surface area (TPSA) is 59.1 Å². The average Bonchev–Trinajstić information content (AvgIpc) is 2.52. The van der Waals surface area contributed by atoms with E-state index in [2.05, 4.69) is 25.6 Å². The van der Waals surface area contributed by atoms with Crippen molar-refractivity contribution in [2.75, 3.05) is 5.33 Å². The van der Waals surface area contributed by atoms with E-state index >= 15 is 0 Å². The number of pyridine rings is 1. The maximum Gasteiger partial charge on any atom is 0.241 e. The summed E-state index contributed by atoms with van der Waals surface area (Å²) in [5.41, 5.74) is 0.209. The number of alkyl halides is 1. The Morgan fingerprint density at radius 2 is 1.90 bits per heavy atom. The zero-order valence-corrected chi connectivity index (χ0v) is 14.5. The van der Waals surface area contributed by atoms with Gasteiger partial charge in [0, 0.05) is 22.5 Å². The number of hydrogen-bond acceptors (Lipinski definition) is 3. The summed E-state index contributed by atoms with van der Waals surface area (Å²) in [6.45, 7) is 3.97. The summed E-state index contributed by atoms with van der Waals surface area (Å²) < 4.78 is 28.4. The van der Waals surface area contributed by atoms with E-state index in [9.17, 15) is 8.42 Å². The standard InChI is InChI=1S/C15H19BrN2O2S/c1-3-15(4-2,11-16)18-21(19,20)14-9-5-8-13-12(14)7-6-10-17-13/h5-10,18H,3-4,11H2,1-2H3. The third kappa shape index (κ3) is 3.27. The van der Waals surface area contributed by atoms with Crippen molar-refractivity contribution in [3.63, 3.8) is 0 Å². The molecule has 4 nitrogen and oxygen atoms in total. The Morgan fingerprint density at radius 3 is 2.52 bits per heavy atom.